The number of rotatable bonds is 1. The number of halogens is 2. The lowest BCUT2D eigenvalue weighted by molar-refractivity contribution is 0.579. The molecule has 0 amide bonds. The summed E-state index contributed by atoms with van der Waals surface area (Å²) in [7, 11) is 0. The van der Waals surface area contributed by atoms with E-state index in [4.69, 9.17) is 27.6 Å². The van der Waals surface area contributed by atoms with Gasteiger partial charge in [-0.05, 0) is 35.9 Å². The quantitative estimate of drug-likeness (QED) is 0.658. The third kappa shape index (κ3) is 1.40. The normalized spacial score (nSPS) is 11.1. The van der Waals surface area contributed by atoms with E-state index in [0.29, 0.717) is 22.0 Å². The lowest BCUT2D eigenvalue weighted by atomic mass is 10.4. The first-order valence-corrected chi connectivity index (χ1v) is 5.39. The number of imidazole rings is 1. The Kier molecular flexibility index (Phi) is 2.16. The van der Waals surface area contributed by atoms with E-state index in [-0.39, 0.29) is 0 Å². The predicted octanol–water partition coefficient (Wildman–Crippen LogP) is 3.90. The minimum Gasteiger partial charge on any atom is -0.441 e. The van der Waals surface area contributed by atoms with E-state index in [1.807, 2.05) is 28.8 Å². The summed E-state index contributed by atoms with van der Waals surface area (Å²) in [6.45, 7) is 0. The third-order valence-corrected chi connectivity index (χ3v) is 2.78. The second-order valence-corrected chi connectivity index (χ2v) is 4.02. The lowest BCUT2D eigenvalue weighted by Crippen LogP contribution is -1.86. The van der Waals surface area contributed by atoms with Gasteiger partial charge in [0.25, 0.3) is 0 Å². The summed E-state index contributed by atoms with van der Waals surface area (Å²) in [5, 5.41) is 0.780. The number of nitrogens with zero attached hydrogens (tertiary/aromatic N) is 2. The standard InChI is InChI=1S/C11H6Cl2N2O/c12-9-5-4-8(16-9)11-14-10(13)7-3-1-2-6-15(7)11/h1-6H. The topological polar surface area (TPSA) is 30.4 Å². The molecule has 0 aliphatic carbocycles. The van der Waals surface area contributed by atoms with E-state index < -0.39 is 0 Å². The first-order valence-electron chi connectivity index (χ1n) is 4.64. The van der Waals surface area contributed by atoms with Crippen molar-refractivity contribution >= 4 is 28.7 Å². The molecule has 0 saturated carbocycles. The van der Waals surface area contributed by atoms with Crippen LogP contribution in [-0.4, -0.2) is 9.38 Å². The molecule has 3 aromatic rings. The average Bonchev–Trinajstić information content (AvgIpc) is 2.84. The van der Waals surface area contributed by atoms with Crippen LogP contribution in [0.3, 0.4) is 0 Å². The van der Waals surface area contributed by atoms with Gasteiger partial charge in [0.15, 0.2) is 22.0 Å². The molecular weight excluding hydrogens is 247 g/mol. The Bertz CT molecular complexity index is 657. The molecule has 0 unspecified atom stereocenters. The fourth-order valence-electron chi connectivity index (χ4n) is 1.61. The molecule has 0 fully saturated rings. The average molecular weight is 253 g/mol. The fourth-order valence-corrected chi connectivity index (χ4v) is 1.99. The molecule has 3 rings (SSSR count). The van der Waals surface area contributed by atoms with Gasteiger partial charge in [-0.3, -0.25) is 4.40 Å². The van der Waals surface area contributed by atoms with Gasteiger partial charge in [-0.2, -0.15) is 0 Å². The highest BCUT2D eigenvalue weighted by atomic mass is 35.5. The maximum atomic E-state index is 6.03. The molecule has 0 aliphatic rings. The monoisotopic (exact) mass is 252 g/mol. The van der Waals surface area contributed by atoms with Crippen molar-refractivity contribution in [1.82, 2.24) is 9.38 Å². The summed E-state index contributed by atoms with van der Waals surface area (Å²) in [4.78, 5) is 4.25. The molecule has 0 radical (unpaired) electrons. The van der Waals surface area contributed by atoms with Crippen LogP contribution in [0.2, 0.25) is 10.4 Å². The van der Waals surface area contributed by atoms with Gasteiger partial charge in [-0.1, -0.05) is 17.7 Å². The van der Waals surface area contributed by atoms with Gasteiger partial charge in [0, 0.05) is 6.20 Å². The molecule has 0 saturated heterocycles. The zero-order valence-electron chi connectivity index (χ0n) is 8.02. The Morgan fingerprint density at radius 2 is 2.00 bits per heavy atom. The molecule has 5 heteroatoms. The molecule has 80 valence electrons. The van der Waals surface area contributed by atoms with Crippen molar-refractivity contribution in [2.75, 3.05) is 0 Å². The number of hydrogen-bond acceptors (Lipinski definition) is 2. The Hall–Kier alpha value is -1.45. The van der Waals surface area contributed by atoms with Crippen LogP contribution in [0.5, 0.6) is 0 Å². The Balaban J connectivity index is 2.32. The van der Waals surface area contributed by atoms with Crippen LogP contribution in [0.25, 0.3) is 17.1 Å². The van der Waals surface area contributed by atoms with Gasteiger partial charge < -0.3 is 4.42 Å². The molecule has 0 spiro atoms. The molecule has 0 N–H and O–H groups in total. The van der Waals surface area contributed by atoms with E-state index in [1.54, 1.807) is 12.1 Å². The Labute approximate surface area is 101 Å². The Morgan fingerprint density at radius 3 is 2.75 bits per heavy atom. The number of aromatic nitrogens is 2. The predicted molar refractivity (Wildman–Crippen MR) is 62.9 cm³/mol. The zero-order valence-corrected chi connectivity index (χ0v) is 9.53. The van der Waals surface area contributed by atoms with Gasteiger partial charge in [-0.25, -0.2) is 4.98 Å². The van der Waals surface area contributed by atoms with E-state index in [2.05, 4.69) is 4.98 Å². The van der Waals surface area contributed by atoms with Crippen LogP contribution in [-0.2, 0) is 0 Å². The maximum absolute atomic E-state index is 6.03. The largest absolute Gasteiger partial charge is 0.441 e. The molecule has 3 nitrogen and oxygen atoms in total. The fraction of sp³-hybridized carbons (Fsp3) is 0. The highest BCUT2D eigenvalue weighted by molar-refractivity contribution is 6.33. The number of furan rings is 1. The van der Waals surface area contributed by atoms with Crippen molar-refractivity contribution < 1.29 is 4.42 Å². The van der Waals surface area contributed by atoms with Gasteiger partial charge in [0.1, 0.15) is 0 Å². The molecule has 16 heavy (non-hydrogen) atoms. The van der Waals surface area contributed by atoms with Crippen LogP contribution in [0.15, 0.2) is 40.9 Å². The first kappa shape index (κ1) is 9.75. The SMILES string of the molecule is Clc1ccc(-c2nc(Cl)c3ccccn23)o1. The summed E-state index contributed by atoms with van der Waals surface area (Å²) in [5.74, 6) is 1.24. The molecule has 0 aromatic carbocycles. The van der Waals surface area contributed by atoms with Crippen molar-refractivity contribution in [3.8, 4) is 11.6 Å². The van der Waals surface area contributed by atoms with Crippen molar-refractivity contribution in [3.63, 3.8) is 0 Å². The summed E-state index contributed by atoms with van der Waals surface area (Å²) in [6, 6.07) is 9.14. The van der Waals surface area contributed by atoms with Gasteiger partial charge in [0.05, 0.1) is 5.52 Å². The van der Waals surface area contributed by atoms with E-state index in [9.17, 15) is 0 Å². The first-order chi connectivity index (χ1) is 7.75. The molecule has 0 aliphatic heterocycles. The van der Waals surface area contributed by atoms with Crippen molar-refractivity contribution in [3.05, 3.63) is 46.9 Å². The smallest absolute Gasteiger partial charge is 0.194 e. The third-order valence-electron chi connectivity index (χ3n) is 2.30. The molecule has 3 heterocycles. The maximum Gasteiger partial charge on any atom is 0.194 e. The number of pyridine rings is 1. The van der Waals surface area contributed by atoms with E-state index in [0.717, 1.165) is 5.52 Å². The van der Waals surface area contributed by atoms with E-state index in [1.165, 1.54) is 0 Å². The van der Waals surface area contributed by atoms with Crippen LogP contribution < -0.4 is 0 Å². The second kappa shape index (κ2) is 3.54. The summed E-state index contributed by atoms with van der Waals surface area (Å²) >= 11 is 11.8. The van der Waals surface area contributed by atoms with Crippen molar-refractivity contribution in [2.45, 2.75) is 0 Å². The summed E-state index contributed by atoms with van der Waals surface area (Å²) in [5.41, 5.74) is 0.840. The number of fused-ring (bicyclic) bond motifs is 1. The highest BCUT2D eigenvalue weighted by Crippen LogP contribution is 2.28. The molecule has 0 bridgehead atoms. The molecule has 3 aromatic heterocycles. The zero-order chi connectivity index (χ0) is 11.1. The van der Waals surface area contributed by atoms with Gasteiger partial charge in [0.2, 0.25) is 0 Å². The lowest BCUT2D eigenvalue weighted by Gasteiger charge is -1.96. The number of hydrogen-bond donors (Lipinski definition) is 0. The van der Waals surface area contributed by atoms with Crippen LogP contribution in [0.1, 0.15) is 0 Å². The summed E-state index contributed by atoms with van der Waals surface area (Å²) < 4.78 is 7.17. The second-order valence-electron chi connectivity index (χ2n) is 3.29. The minimum atomic E-state index is 0.332. The molecule has 0 atom stereocenters. The highest BCUT2D eigenvalue weighted by Gasteiger charge is 2.13. The van der Waals surface area contributed by atoms with E-state index >= 15 is 0 Å². The van der Waals surface area contributed by atoms with Crippen molar-refractivity contribution in [2.24, 2.45) is 0 Å². The van der Waals surface area contributed by atoms with Gasteiger partial charge >= 0.3 is 0 Å². The van der Waals surface area contributed by atoms with Crippen LogP contribution >= 0.6 is 23.2 Å². The van der Waals surface area contributed by atoms with Crippen LogP contribution in [0.4, 0.5) is 0 Å². The summed E-state index contributed by atoms with van der Waals surface area (Å²) in [6.07, 6.45) is 1.87. The molecular formula is C11H6Cl2N2O. The Morgan fingerprint density at radius 1 is 1.12 bits per heavy atom. The minimum absolute atomic E-state index is 0.332. The van der Waals surface area contributed by atoms with Crippen LogP contribution in [0, 0.1) is 0 Å². The van der Waals surface area contributed by atoms with Crippen molar-refractivity contribution in [1.29, 1.82) is 0 Å². The van der Waals surface area contributed by atoms with Gasteiger partial charge in [-0.15, -0.1) is 0 Å².